The molecule has 1 aliphatic heterocycles. The Morgan fingerprint density at radius 1 is 1.17 bits per heavy atom. The van der Waals surface area contributed by atoms with E-state index >= 15 is 0 Å². The zero-order valence-corrected chi connectivity index (χ0v) is 14.3. The Hall–Kier alpha value is -2.20. The van der Waals surface area contributed by atoms with Crippen LogP contribution in [0.5, 0.6) is 11.5 Å². The molecule has 1 heterocycles. The standard InChI is InChI=1S/C19H20ClNO3/c1-2-13(14-6-4-3-5-7-14)10-19(22)21-16-12-18-17(11-15(16)20)23-8-9-24-18/h3-7,11-13H,2,8-10H2,1H3,(H,21,22). The number of carbonyl (C=O) groups is 1. The molecule has 0 saturated heterocycles. The molecule has 0 saturated carbocycles. The Morgan fingerprint density at radius 2 is 1.83 bits per heavy atom. The number of nitrogens with one attached hydrogen (secondary N) is 1. The fourth-order valence-electron chi connectivity index (χ4n) is 2.81. The fourth-order valence-corrected chi connectivity index (χ4v) is 3.01. The fraction of sp³-hybridized carbons (Fsp3) is 0.316. The van der Waals surface area contributed by atoms with Crippen molar-refractivity contribution in [3.8, 4) is 11.5 Å². The van der Waals surface area contributed by atoms with Gasteiger partial charge in [-0.1, -0.05) is 48.9 Å². The molecule has 1 unspecified atom stereocenters. The van der Waals surface area contributed by atoms with Crippen molar-refractivity contribution in [3.05, 3.63) is 53.1 Å². The van der Waals surface area contributed by atoms with Gasteiger partial charge in [0, 0.05) is 18.6 Å². The van der Waals surface area contributed by atoms with Crippen LogP contribution in [0.2, 0.25) is 5.02 Å². The van der Waals surface area contributed by atoms with Crippen LogP contribution in [-0.4, -0.2) is 19.1 Å². The second-order valence-corrected chi connectivity index (χ2v) is 6.15. The molecule has 4 nitrogen and oxygen atoms in total. The van der Waals surface area contributed by atoms with Gasteiger partial charge in [-0.3, -0.25) is 4.79 Å². The maximum atomic E-state index is 12.4. The summed E-state index contributed by atoms with van der Waals surface area (Å²) in [4.78, 5) is 12.4. The lowest BCUT2D eigenvalue weighted by Gasteiger charge is -2.20. The summed E-state index contributed by atoms with van der Waals surface area (Å²) < 4.78 is 11.0. The smallest absolute Gasteiger partial charge is 0.225 e. The van der Waals surface area contributed by atoms with Crippen LogP contribution in [0, 0.1) is 0 Å². The third-order valence-corrected chi connectivity index (χ3v) is 4.41. The van der Waals surface area contributed by atoms with Gasteiger partial charge in [-0.15, -0.1) is 0 Å². The Labute approximate surface area is 146 Å². The van der Waals surface area contributed by atoms with Crippen LogP contribution in [0.25, 0.3) is 0 Å². The monoisotopic (exact) mass is 345 g/mol. The highest BCUT2D eigenvalue weighted by Crippen LogP contribution is 2.38. The minimum Gasteiger partial charge on any atom is -0.486 e. The first-order valence-electron chi connectivity index (χ1n) is 8.11. The van der Waals surface area contributed by atoms with Crippen molar-refractivity contribution in [2.24, 2.45) is 0 Å². The van der Waals surface area contributed by atoms with E-state index in [0.717, 1.165) is 6.42 Å². The summed E-state index contributed by atoms with van der Waals surface area (Å²) in [6.45, 7) is 3.08. The molecule has 1 aliphatic rings. The summed E-state index contributed by atoms with van der Waals surface area (Å²) in [7, 11) is 0. The average molecular weight is 346 g/mol. The summed E-state index contributed by atoms with van der Waals surface area (Å²) in [5.41, 5.74) is 1.72. The maximum absolute atomic E-state index is 12.4. The van der Waals surface area contributed by atoms with Gasteiger partial charge in [0.2, 0.25) is 5.91 Å². The molecule has 2 aromatic rings. The lowest BCUT2D eigenvalue weighted by Crippen LogP contribution is -2.18. The van der Waals surface area contributed by atoms with Crippen LogP contribution >= 0.6 is 11.6 Å². The first-order valence-corrected chi connectivity index (χ1v) is 8.49. The molecule has 0 aliphatic carbocycles. The number of ether oxygens (including phenoxy) is 2. The van der Waals surface area contributed by atoms with Gasteiger partial charge in [-0.05, 0) is 17.9 Å². The predicted octanol–water partition coefficient (Wildman–Crippen LogP) is 4.63. The molecule has 1 N–H and O–H groups in total. The van der Waals surface area contributed by atoms with E-state index in [1.54, 1.807) is 12.1 Å². The molecule has 0 fully saturated rings. The average Bonchev–Trinajstić information content (AvgIpc) is 2.61. The number of hydrogen-bond acceptors (Lipinski definition) is 3. The molecule has 3 rings (SSSR count). The number of rotatable bonds is 5. The summed E-state index contributed by atoms with van der Waals surface area (Å²) in [6, 6.07) is 13.5. The van der Waals surface area contributed by atoms with E-state index in [0.29, 0.717) is 41.8 Å². The number of carbonyl (C=O) groups excluding carboxylic acids is 1. The molecule has 0 spiro atoms. The van der Waals surface area contributed by atoms with E-state index in [1.165, 1.54) is 5.56 Å². The summed E-state index contributed by atoms with van der Waals surface area (Å²) in [6.07, 6.45) is 1.30. The van der Waals surface area contributed by atoms with Crippen LogP contribution in [0.3, 0.4) is 0 Å². The van der Waals surface area contributed by atoms with Crippen molar-refractivity contribution in [2.45, 2.75) is 25.7 Å². The highest BCUT2D eigenvalue weighted by Gasteiger charge is 2.18. The number of hydrogen-bond donors (Lipinski definition) is 1. The maximum Gasteiger partial charge on any atom is 0.225 e. The van der Waals surface area contributed by atoms with E-state index < -0.39 is 0 Å². The van der Waals surface area contributed by atoms with Crippen LogP contribution < -0.4 is 14.8 Å². The van der Waals surface area contributed by atoms with Crippen molar-refractivity contribution in [1.82, 2.24) is 0 Å². The number of fused-ring (bicyclic) bond motifs is 1. The van der Waals surface area contributed by atoms with Crippen molar-refractivity contribution >= 4 is 23.2 Å². The number of anilines is 1. The number of benzene rings is 2. The van der Waals surface area contributed by atoms with Gasteiger partial charge in [0.05, 0.1) is 10.7 Å². The molecule has 2 aromatic carbocycles. The molecule has 0 radical (unpaired) electrons. The molecule has 126 valence electrons. The third kappa shape index (κ3) is 3.82. The lowest BCUT2D eigenvalue weighted by atomic mass is 9.93. The molecule has 1 amide bonds. The first kappa shape index (κ1) is 16.7. The quantitative estimate of drug-likeness (QED) is 0.859. The summed E-state index contributed by atoms with van der Waals surface area (Å²) in [5.74, 6) is 1.34. The zero-order chi connectivity index (χ0) is 16.9. The van der Waals surface area contributed by atoms with Gasteiger partial charge in [0.1, 0.15) is 13.2 Å². The largest absolute Gasteiger partial charge is 0.486 e. The van der Waals surface area contributed by atoms with Gasteiger partial charge in [-0.2, -0.15) is 0 Å². The van der Waals surface area contributed by atoms with Crippen LogP contribution in [0.1, 0.15) is 31.2 Å². The lowest BCUT2D eigenvalue weighted by molar-refractivity contribution is -0.116. The van der Waals surface area contributed by atoms with E-state index in [9.17, 15) is 4.79 Å². The predicted molar refractivity (Wildman–Crippen MR) is 95.2 cm³/mol. The van der Waals surface area contributed by atoms with Crippen molar-refractivity contribution < 1.29 is 14.3 Å². The van der Waals surface area contributed by atoms with Gasteiger partial charge in [0.25, 0.3) is 0 Å². The Bertz CT molecular complexity index is 718. The molecular weight excluding hydrogens is 326 g/mol. The molecule has 1 atom stereocenters. The second-order valence-electron chi connectivity index (χ2n) is 5.74. The Morgan fingerprint density at radius 3 is 2.50 bits per heavy atom. The van der Waals surface area contributed by atoms with Gasteiger partial charge in [0.15, 0.2) is 11.5 Å². The second kappa shape index (κ2) is 7.58. The van der Waals surface area contributed by atoms with Crippen LogP contribution in [0.15, 0.2) is 42.5 Å². The molecule has 0 aromatic heterocycles. The van der Waals surface area contributed by atoms with Crippen LogP contribution in [-0.2, 0) is 4.79 Å². The molecule has 0 bridgehead atoms. The Kier molecular flexibility index (Phi) is 5.26. The SMILES string of the molecule is CCC(CC(=O)Nc1cc2c(cc1Cl)OCCO2)c1ccccc1. The zero-order valence-electron chi connectivity index (χ0n) is 13.5. The highest BCUT2D eigenvalue weighted by molar-refractivity contribution is 6.34. The minimum atomic E-state index is -0.0655. The van der Waals surface area contributed by atoms with Gasteiger partial charge < -0.3 is 14.8 Å². The van der Waals surface area contributed by atoms with E-state index in [-0.39, 0.29) is 11.8 Å². The van der Waals surface area contributed by atoms with Crippen LogP contribution in [0.4, 0.5) is 5.69 Å². The summed E-state index contributed by atoms with van der Waals surface area (Å²) >= 11 is 6.24. The van der Waals surface area contributed by atoms with E-state index in [2.05, 4.69) is 24.4 Å². The van der Waals surface area contributed by atoms with E-state index in [4.69, 9.17) is 21.1 Å². The molecule has 24 heavy (non-hydrogen) atoms. The first-order chi connectivity index (χ1) is 11.7. The molecular formula is C19H20ClNO3. The number of amides is 1. The summed E-state index contributed by atoms with van der Waals surface area (Å²) in [5, 5.41) is 3.33. The topological polar surface area (TPSA) is 47.6 Å². The minimum absolute atomic E-state index is 0.0655. The van der Waals surface area contributed by atoms with E-state index in [1.807, 2.05) is 18.2 Å². The van der Waals surface area contributed by atoms with Crippen molar-refractivity contribution in [2.75, 3.05) is 18.5 Å². The highest BCUT2D eigenvalue weighted by atomic mass is 35.5. The Balaban J connectivity index is 1.70. The normalized spacial score (nSPS) is 14.1. The number of halogens is 1. The molecule has 5 heteroatoms. The van der Waals surface area contributed by atoms with Crippen molar-refractivity contribution in [1.29, 1.82) is 0 Å². The third-order valence-electron chi connectivity index (χ3n) is 4.10. The van der Waals surface area contributed by atoms with Gasteiger partial charge >= 0.3 is 0 Å². The van der Waals surface area contributed by atoms with Gasteiger partial charge in [-0.25, -0.2) is 0 Å². The van der Waals surface area contributed by atoms with Crippen molar-refractivity contribution in [3.63, 3.8) is 0 Å².